The summed E-state index contributed by atoms with van der Waals surface area (Å²) in [5.41, 5.74) is 0. The van der Waals surface area contributed by atoms with Gasteiger partial charge in [-0.05, 0) is 24.2 Å². The summed E-state index contributed by atoms with van der Waals surface area (Å²) in [5, 5.41) is 0. The standard InChI is InChI=1S/C9H18/c1-7-4-5-8(2)9(3)6-7/h7-9H,4-6H2,1-3H3/t7-,8+,9+/m0/s1. The fourth-order valence-corrected chi connectivity index (χ4v) is 1.82. The van der Waals surface area contributed by atoms with Gasteiger partial charge in [0.05, 0.1) is 0 Å². The van der Waals surface area contributed by atoms with Gasteiger partial charge in [-0.25, -0.2) is 0 Å². The van der Waals surface area contributed by atoms with Gasteiger partial charge < -0.3 is 0 Å². The number of hydrogen-bond acceptors (Lipinski definition) is 0. The number of hydrogen-bond donors (Lipinski definition) is 0. The molecule has 0 aromatic carbocycles. The second-order valence-corrected chi connectivity index (χ2v) is 3.87. The van der Waals surface area contributed by atoms with Crippen molar-refractivity contribution in [1.82, 2.24) is 0 Å². The van der Waals surface area contributed by atoms with Crippen LogP contribution in [0.4, 0.5) is 0 Å². The summed E-state index contributed by atoms with van der Waals surface area (Å²) in [4.78, 5) is 0. The van der Waals surface area contributed by atoms with Gasteiger partial charge in [-0.3, -0.25) is 0 Å². The molecule has 0 unspecified atom stereocenters. The maximum absolute atomic E-state index is 2.39. The molecule has 1 fully saturated rings. The highest BCUT2D eigenvalue weighted by molar-refractivity contribution is 4.72. The molecular formula is C9H18. The number of rotatable bonds is 0. The van der Waals surface area contributed by atoms with Crippen molar-refractivity contribution in [2.24, 2.45) is 17.8 Å². The fourth-order valence-electron chi connectivity index (χ4n) is 1.82. The first-order chi connectivity index (χ1) is 4.20. The van der Waals surface area contributed by atoms with Gasteiger partial charge in [-0.15, -0.1) is 0 Å². The van der Waals surface area contributed by atoms with E-state index in [9.17, 15) is 0 Å². The van der Waals surface area contributed by atoms with Crippen molar-refractivity contribution >= 4 is 0 Å². The summed E-state index contributed by atoms with van der Waals surface area (Å²) in [6.45, 7) is 7.15. The molecule has 1 aliphatic rings. The quantitative estimate of drug-likeness (QED) is 0.468. The molecule has 1 rings (SSSR count). The molecule has 3 atom stereocenters. The van der Waals surface area contributed by atoms with E-state index in [1.54, 1.807) is 0 Å². The summed E-state index contributed by atoms with van der Waals surface area (Å²) >= 11 is 0. The second kappa shape index (κ2) is 2.72. The lowest BCUT2D eigenvalue weighted by molar-refractivity contribution is 0.220. The smallest absolute Gasteiger partial charge is 0.0414 e. The summed E-state index contributed by atoms with van der Waals surface area (Å²) in [7, 11) is 0. The Morgan fingerprint density at radius 3 is 2.00 bits per heavy atom. The van der Waals surface area contributed by atoms with E-state index in [0.717, 1.165) is 17.8 Å². The molecule has 0 bridgehead atoms. The van der Waals surface area contributed by atoms with Crippen molar-refractivity contribution < 1.29 is 0 Å². The zero-order valence-electron chi connectivity index (χ0n) is 6.85. The molecule has 0 N–H and O–H groups in total. The Hall–Kier alpha value is 0. The van der Waals surface area contributed by atoms with E-state index in [2.05, 4.69) is 20.8 Å². The normalized spacial score (nSPS) is 45.0. The molecular weight excluding hydrogens is 108 g/mol. The molecule has 0 aliphatic heterocycles. The minimum atomic E-state index is 0.980. The van der Waals surface area contributed by atoms with E-state index in [1.165, 1.54) is 19.3 Å². The van der Waals surface area contributed by atoms with Gasteiger partial charge in [0.1, 0.15) is 0 Å². The molecule has 0 heterocycles. The highest BCUT2D eigenvalue weighted by Gasteiger charge is 2.20. The highest BCUT2D eigenvalue weighted by Crippen LogP contribution is 2.32. The third kappa shape index (κ3) is 1.70. The average molecular weight is 126 g/mol. The Labute approximate surface area is 58.7 Å². The second-order valence-electron chi connectivity index (χ2n) is 3.87. The molecule has 1 aliphatic carbocycles. The van der Waals surface area contributed by atoms with Crippen LogP contribution in [-0.4, -0.2) is 0 Å². The van der Waals surface area contributed by atoms with E-state index in [4.69, 9.17) is 0 Å². The topological polar surface area (TPSA) is 0 Å². The van der Waals surface area contributed by atoms with Gasteiger partial charge in [0.2, 0.25) is 0 Å². The van der Waals surface area contributed by atoms with E-state index < -0.39 is 0 Å². The van der Waals surface area contributed by atoms with Crippen LogP contribution < -0.4 is 0 Å². The molecule has 0 aromatic heterocycles. The molecule has 9 heavy (non-hydrogen) atoms. The van der Waals surface area contributed by atoms with Crippen LogP contribution in [0.1, 0.15) is 40.0 Å². The van der Waals surface area contributed by atoms with E-state index in [-0.39, 0.29) is 0 Å². The minimum Gasteiger partial charge on any atom is -0.0625 e. The Morgan fingerprint density at radius 1 is 0.889 bits per heavy atom. The molecule has 0 spiro atoms. The lowest BCUT2D eigenvalue weighted by Gasteiger charge is -2.29. The van der Waals surface area contributed by atoms with Crippen LogP contribution in [0.5, 0.6) is 0 Å². The molecule has 0 heteroatoms. The molecule has 54 valence electrons. The van der Waals surface area contributed by atoms with Crippen molar-refractivity contribution in [3.63, 3.8) is 0 Å². The maximum Gasteiger partial charge on any atom is -0.0414 e. The lowest BCUT2D eigenvalue weighted by atomic mass is 9.77. The summed E-state index contributed by atoms with van der Waals surface area (Å²) in [6, 6.07) is 0. The molecule has 0 nitrogen and oxygen atoms in total. The van der Waals surface area contributed by atoms with Crippen LogP contribution in [0.25, 0.3) is 0 Å². The van der Waals surface area contributed by atoms with Gasteiger partial charge in [0, 0.05) is 0 Å². The molecule has 1 saturated carbocycles. The third-order valence-corrected chi connectivity index (χ3v) is 2.86. The first kappa shape index (κ1) is 7.11. The lowest BCUT2D eigenvalue weighted by Crippen LogP contribution is -2.18. The minimum absolute atomic E-state index is 0.980. The van der Waals surface area contributed by atoms with E-state index in [0.29, 0.717) is 0 Å². The van der Waals surface area contributed by atoms with Crippen molar-refractivity contribution in [3.8, 4) is 0 Å². The highest BCUT2D eigenvalue weighted by atomic mass is 14.3. The third-order valence-electron chi connectivity index (χ3n) is 2.86. The molecule has 0 saturated heterocycles. The van der Waals surface area contributed by atoms with Gasteiger partial charge >= 0.3 is 0 Å². The van der Waals surface area contributed by atoms with Crippen molar-refractivity contribution in [2.75, 3.05) is 0 Å². The monoisotopic (exact) mass is 126 g/mol. The zero-order valence-corrected chi connectivity index (χ0v) is 6.85. The first-order valence-corrected chi connectivity index (χ1v) is 4.20. The van der Waals surface area contributed by atoms with E-state index in [1.807, 2.05) is 0 Å². The molecule has 0 radical (unpaired) electrons. The molecule has 0 aromatic rings. The summed E-state index contributed by atoms with van der Waals surface area (Å²) in [6.07, 6.45) is 4.38. The predicted octanol–water partition coefficient (Wildman–Crippen LogP) is 3.08. The van der Waals surface area contributed by atoms with Crippen molar-refractivity contribution in [1.29, 1.82) is 0 Å². The Balaban J connectivity index is 2.35. The van der Waals surface area contributed by atoms with Crippen LogP contribution in [0.2, 0.25) is 0 Å². The average Bonchev–Trinajstić information content (AvgIpc) is 1.80. The first-order valence-electron chi connectivity index (χ1n) is 4.20. The predicted molar refractivity (Wildman–Crippen MR) is 41.3 cm³/mol. The van der Waals surface area contributed by atoms with Gasteiger partial charge in [-0.2, -0.15) is 0 Å². The van der Waals surface area contributed by atoms with Gasteiger partial charge in [0.15, 0.2) is 0 Å². The maximum atomic E-state index is 2.39. The van der Waals surface area contributed by atoms with Crippen LogP contribution in [-0.2, 0) is 0 Å². The zero-order chi connectivity index (χ0) is 6.85. The van der Waals surface area contributed by atoms with Crippen molar-refractivity contribution in [3.05, 3.63) is 0 Å². The SMILES string of the molecule is C[C@H]1CC[C@@H](C)[C@H](C)C1. The Kier molecular flexibility index (Phi) is 2.15. The van der Waals surface area contributed by atoms with Gasteiger partial charge in [0.25, 0.3) is 0 Å². The largest absolute Gasteiger partial charge is 0.0625 e. The van der Waals surface area contributed by atoms with Crippen LogP contribution in [0, 0.1) is 17.8 Å². The van der Waals surface area contributed by atoms with Crippen LogP contribution in [0.15, 0.2) is 0 Å². The van der Waals surface area contributed by atoms with Crippen molar-refractivity contribution in [2.45, 2.75) is 40.0 Å². The Bertz CT molecular complexity index is 86.0. The van der Waals surface area contributed by atoms with Crippen LogP contribution in [0.3, 0.4) is 0 Å². The van der Waals surface area contributed by atoms with Crippen LogP contribution >= 0.6 is 0 Å². The Morgan fingerprint density at radius 2 is 1.56 bits per heavy atom. The van der Waals surface area contributed by atoms with Gasteiger partial charge in [-0.1, -0.05) is 33.6 Å². The fraction of sp³-hybridized carbons (Fsp3) is 1.00. The summed E-state index contributed by atoms with van der Waals surface area (Å²) < 4.78 is 0. The molecule has 0 amide bonds. The summed E-state index contributed by atoms with van der Waals surface area (Å²) in [5.74, 6) is 2.96. The van der Waals surface area contributed by atoms with E-state index >= 15 is 0 Å².